The third kappa shape index (κ3) is 3.14. The molecule has 0 aromatic heterocycles. The van der Waals surface area contributed by atoms with Crippen molar-refractivity contribution >= 4 is 5.97 Å². The van der Waals surface area contributed by atoms with Crippen LogP contribution in [0.25, 0.3) is 0 Å². The molecule has 0 aliphatic carbocycles. The number of aliphatic hydroxyl groups excluding tert-OH is 1. The Hall–Kier alpha value is -2.21. The van der Waals surface area contributed by atoms with Crippen LogP contribution in [0.15, 0.2) is 54.6 Å². The smallest absolute Gasteiger partial charge is 0.336 e. The van der Waals surface area contributed by atoms with Crippen LogP contribution in [0.1, 0.15) is 33.8 Å². The van der Waals surface area contributed by atoms with Crippen molar-refractivity contribution in [3.8, 4) is 0 Å². The Morgan fingerprint density at radius 1 is 1.15 bits per heavy atom. The zero-order valence-electron chi connectivity index (χ0n) is 14.5. The highest BCUT2D eigenvalue weighted by Crippen LogP contribution is 2.42. The molecule has 2 aromatic carbocycles. The number of ether oxygens (including phenoxy) is 1. The van der Waals surface area contributed by atoms with Crippen molar-refractivity contribution < 1.29 is 19.7 Å². The third-order valence-corrected chi connectivity index (χ3v) is 5.61. The van der Waals surface area contributed by atoms with E-state index in [0.717, 1.165) is 12.0 Å². The second kappa shape index (κ2) is 6.83. The van der Waals surface area contributed by atoms with E-state index in [4.69, 9.17) is 4.74 Å². The highest BCUT2D eigenvalue weighted by molar-refractivity contribution is 5.89. The molecule has 3 atom stereocenters. The first-order chi connectivity index (χ1) is 12.6. The third-order valence-electron chi connectivity index (χ3n) is 5.61. The van der Waals surface area contributed by atoms with E-state index in [-0.39, 0.29) is 5.92 Å². The minimum Gasteiger partial charge on any atom is -0.478 e. The molecule has 1 spiro atoms. The van der Waals surface area contributed by atoms with Gasteiger partial charge in [-0.25, -0.2) is 4.79 Å². The molecule has 2 aliphatic heterocycles. The topological polar surface area (TPSA) is 70.0 Å². The summed E-state index contributed by atoms with van der Waals surface area (Å²) in [5.74, 6) is -0.631. The second-order valence-electron chi connectivity index (χ2n) is 7.34. The number of benzene rings is 2. The molecule has 0 saturated carbocycles. The maximum Gasteiger partial charge on any atom is 0.336 e. The number of carboxylic acid groups (broad SMARTS) is 1. The summed E-state index contributed by atoms with van der Waals surface area (Å²) in [6.45, 7) is 2.22. The van der Waals surface area contributed by atoms with Gasteiger partial charge in [-0.15, -0.1) is 0 Å². The van der Waals surface area contributed by atoms with Crippen LogP contribution in [0.3, 0.4) is 0 Å². The molecule has 5 nitrogen and oxygen atoms in total. The van der Waals surface area contributed by atoms with Crippen LogP contribution in [0.4, 0.5) is 0 Å². The lowest BCUT2D eigenvalue weighted by atomic mass is 9.87. The number of aliphatic hydroxyl groups is 1. The summed E-state index contributed by atoms with van der Waals surface area (Å²) in [6.07, 6.45) is 0.225. The number of hydrogen-bond acceptors (Lipinski definition) is 4. The van der Waals surface area contributed by atoms with Crippen molar-refractivity contribution in [3.05, 3.63) is 71.3 Å². The molecule has 5 heteroatoms. The maximum atomic E-state index is 11.4. The van der Waals surface area contributed by atoms with E-state index in [2.05, 4.69) is 17.0 Å². The van der Waals surface area contributed by atoms with Gasteiger partial charge in [-0.2, -0.15) is 0 Å². The van der Waals surface area contributed by atoms with Crippen LogP contribution in [-0.4, -0.2) is 52.5 Å². The van der Waals surface area contributed by atoms with Gasteiger partial charge in [0.1, 0.15) is 5.60 Å². The van der Waals surface area contributed by atoms with Gasteiger partial charge < -0.3 is 14.9 Å². The quantitative estimate of drug-likeness (QED) is 0.884. The van der Waals surface area contributed by atoms with Crippen LogP contribution in [0, 0.1) is 0 Å². The van der Waals surface area contributed by atoms with Crippen molar-refractivity contribution in [1.82, 2.24) is 4.90 Å². The molecule has 0 amide bonds. The van der Waals surface area contributed by atoms with Crippen LogP contribution in [-0.2, 0) is 11.3 Å². The zero-order chi connectivity index (χ0) is 18.1. The monoisotopic (exact) mass is 353 g/mol. The Balaban J connectivity index is 1.48. The van der Waals surface area contributed by atoms with Crippen molar-refractivity contribution in [3.63, 3.8) is 0 Å². The number of hydrogen-bond donors (Lipinski definition) is 2. The summed E-state index contributed by atoms with van der Waals surface area (Å²) in [4.78, 5) is 13.5. The van der Waals surface area contributed by atoms with Crippen LogP contribution >= 0.6 is 0 Å². The summed E-state index contributed by atoms with van der Waals surface area (Å²) in [7, 11) is 0. The molecule has 2 fully saturated rings. The summed E-state index contributed by atoms with van der Waals surface area (Å²) in [5, 5.41) is 20.1. The van der Waals surface area contributed by atoms with Gasteiger partial charge >= 0.3 is 5.97 Å². The lowest BCUT2D eigenvalue weighted by Crippen LogP contribution is -2.41. The van der Waals surface area contributed by atoms with Gasteiger partial charge in [0, 0.05) is 25.6 Å². The Morgan fingerprint density at radius 3 is 2.65 bits per heavy atom. The van der Waals surface area contributed by atoms with Crippen molar-refractivity contribution in [2.24, 2.45) is 0 Å². The average Bonchev–Trinajstić information content (AvgIpc) is 3.20. The zero-order valence-corrected chi connectivity index (χ0v) is 14.5. The summed E-state index contributed by atoms with van der Waals surface area (Å²) in [6, 6.07) is 17.3. The Kier molecular flexibility index (Phi) is 4.53. The molecule has 0 radical (unpaired) electrons. The van der Waals surface area contributed by atoms with E-state index >= 15 is 0 Å². The number of nitrogens with zero attached hydrogens (tertiary/aromatic N) is 1. The first-order valence-corrected chi connectivity index (χ1v) is 8.98. The molecule has 0 unspecified atom stereocenters. The van der Waals surface area contributed by atoms with Gasteiger partial charge in [0.05, 0.1) is 18.3 Å². The van der Waals surface area contributed by atoms with E-state index in [1.54, 1.807) is 12.1 Å². The largest absolute Gasteiger partial charge is 0.478 e. The molecule has 2 aromatic rings. The van der Waals surface area contributed by atoms with Gasteiger partial charge in [0.2, 0.25) is 0 Å². The lowest BCUT2D eigenvalue weighted by molar-refractivity contribution is -0.0594. The van der Waals surface area contributed by atoms with Crippen molar-refractivity contribution in [2.45, 2.75) is 30.6 Å². The molecule has 26 heavy (non-hydrogen) atoms. The van der Waals surface area contributed by atoms with Crippen molar-refractivity contribution in [2.75, 3.05) is 19.7 Å². The van der Waals surface area contributed by atoms with E-state index in [9.17, 15) is 15.0 Å². The molecule has 0 bridgehead atoms. The molecule has 4 rings (SSSR count). The molecule has 2 aliphatic rings. The lowest BCUT2D eigenvalue weighted by Gasteiger charge is -2.26. The van der Waals surface area contributed by atoms with E-state index in [1.807, 2.05) is 30.3 Å². The van der Waals surface area contributed by atoms with Crippen LogP contribution < -0.4 is 0 Å². The summed E-state index contributed by atoms with van der Waals surface area (Å²) in [5.41, 5.74) is 1.77. The fourth-order valence-electron chi connectivity index (χ4n) is 4.27. The fraction of sp³-hybridized carbons (Fsp3) is 0.381. The highest BCUT2D eigenvalue weighted by Gasteiger charge is 2.52. The van der Waals surface area contributed by atoms with E-state index in [0.29, 0.717) is 31.8 Å². The molecule has 2 N–H and O–H groups in total. The van der Waals surface area contributed by atoms with Gasteiger partial charge in [-0.05, 0) is 23.6 Å². The Labute approximate surface area is 152 Å². The Bertz CT molecular complexity index is 794. The number of likely N-dealkylation sites (tertiary alicyclic amines) is 1. The molecule has 136 valence electrons. The van der Waals surface area contributed by atoms with Gasteiger partial charge in [-0.3, -0.25) is 4.90 Å². The summed E-state index contributed by atoms with van der Waals surface area (Å²) >= 11 is 0. The average molecular weight is 353 g/mol. The van der Waals surface area contributed by atoms with Gasteiger partial charge in [-0.1, -0.05) is 48.5 Å². The number of carbonyl (C=O) groups is 1. The molecule has 2 heterocycles. The number of β-amino-alcohol motifs (C(OH)–C–C–N with tert-alkyl or cyclic N) is 1. The minimum absolute atomic E-state index is 0.289. The number of carboxylic acids is 1. The first kappa shape index (κ1) is 17.2. The van der Waals surface area contributed by atoms with Crippen LogP contribution in [0.2, 0.25) is 0 Å². The SMILES string of the molecule is O=C(O)c1ccccc1CN1C[C@@H](O)[C@@]2(C[C@H](c3ccccc3)CO2)C1. The molecule has 2 saturated heterocycles. The highest BCUT2D eigenvalue weighted by atomic mass is 16.5. The summed E-state index contributed by atoms with van der Waals surface area (Å²) < 4.78 is 6.12. The Morgan fingerprint density at radius 2 is 1.88 bits per heavy atom. The normalized spacial score (nSPS) is 28.7. The van der Waals surface area contributed by atoms with Gasteiger partial charge in [0.15, 0.2) is 0 Å². The predicted octanol–water partition coefficient (Wildman–Crippen LogP) is 2.50. The minimum atomic E-state index is -0.920. The predicted molar refractivity (Wildman–Crippen MR) is 97.2 cm³/mol. The number of aromatic carboxylic acids is 1. The molecular formula is C21H23NO4. The second-order valence-corrected chi connectivity index (χ2v) is 7.34. The van der Waals surface area contributed by atoms with Crippen LogP contribution in [0.5, 0.6) is 0 Å². The van der Waals surface area contributed by atoms with Gasteiger partial charge in [0.25, 0.3) is 0 Å². The maximum absolute atomic E-state index is 11.4. The fourth-order valence-corrected chi connectivity index (χ4v) is 4.27. The first-order valence-electron chi connectivity index (χ1n) is 8.98. The van der Waals surface area contributed by atoms with Crippen molar-refractivity contribution in [1.29, 1.82) is 0 Å². The standard InChI is InChI=1S/C21H23NO4/c23-19-12-22(11-16-8-4-5-9-18(16)20(24)25)14-21(19)10-17(13-26-21)15-6-2-1-3-7-15/h1-9,17,19,23H,10-14H2,(H,24,25)/t17-,19+,21+/m0/s1. The van der Waals surface area contributed by atoms with E-state index < -0.39 is 17.7 Å². The van der Waals surface area contributed by atoms with E-state index in [1.165, 1.54) is 5.56 Å². The molecular weight excluding hydrogens is 330 g/mol. The number of rotatable bonds is 4.